The molecule has 30 heavy (non-hydrogen) atoms. The van der Waals surface area contributed by atoms with Crippen LogP contribution in [0, 0.1) is 17.0 Å². The van der Waals surface area contributed by atoms with Gasteiger partial charge in [-0.25, -0.2) is 8.42 Å². The number of nitro groups is 1. The van der Waals surface area contributed by atoms with Gasteiger partial charge < -0.3 is 0 Å². The molecule has 2 aromatic carbocycles. The average molecular weight is 462 g/mol. The standard InChI is InChI=1S/C21H16ClNO5S2/c1-14-2-11-19(29-14)12-20(21(24)16-5-9-18(10-6-16)23(25)26)30(27,28)13-15-3-7-17(22)8-4-15/h2-12H,13H2,1H3/b20-12-. The van der Waals surface area contributed by atoms with E-state index in [-0.39, 0.29) is 21.9 Å². The van der Waals surface area contributed by atoms with Crippen molar-refractivity contribution in [2.24, 2.45) is 0 Å². The van der Waals surface area contributed by atoms with Crippen molar-refractivity contribution in [2.45, 2.75) is 12.7 Å². The number of rotatable bonds is 7. The highest BCUT2D eigenvalue weighted by atomic mass is 35.5. The van der Waals surface area contributed by atoms with Crippen molar-refractivity contribution in [1.82, 2.24) is 0 Å². The number of nitro benzene ring substituents is 1. The number of thiophene rings is 1. The Balaban J connectivity index is 2.03. The first-order chi connectivity index (χ1) is 14.2. The quantitative estimate of drug-likeness (QED) is 0.201. The van der Waals surface area contributed by atoms with Crippen LogP contribution < -0.4 is 0 Å². The first kappa shape index (κ1) is 21.9. The molecule has 0 aliphatic heterocycles. The highest BCUT2D eigenvalue weighted by Gasteiger charge is 2.27. The van der Waals surface area contributed by atoms with Crippen molar-refractivity contribution in [3.8, 4) is 0 Å². The van der Waals surface area contributed by atoms with Crippen molar-refractivity contribution in [3.05, 3.63) is 102 Å². The molecule has 0 fully saturated rings. The van der Waals surface area contributed by atoms with Gasteiger partial charge in [0.15, 0.2) is 9.84 Å². The van der Waals surface area contributed by atoms with E-state index in [4.69, 9.17) is 11.6 Å². The lowest BCUT2D eigenvalue weighted by Gasteiger charge is -2.09. The smallest absolute Gasteiger partial charge is 0.269 e. The third-order valence-corrected chi connectivity index (χ3v) is 7.09. The van der Waals surface area contributed by atoms with Gasteiger partial charge in [-0.3, -0.25) is 14.9 Å². The minimum absolute atomic E-state index is 0.0554. The number of carbonyl (C=O) groups is 1. The second-order valence-electron chi connectivity index (χ2n) is 6.48. The van der Waals surface area contributed by atoms with E-state index in [1.54, 1.807) is 30.3 Å². The summed E-state index contributed by atoms with van der Waals surface area (Å²) in [7, 11) is -4.01. The fourth-order valence-corrected chi connectivity index (χ4v) is 5.23. The predicted molar refractivity (Wildman–Crippen MR) is 119 cm³/mol. The number of halogens is 1. The Hall–Kier alpha value is -2.81. The van der Waals surface area contributed by atoms with Crippen molar-refractivity contribution < 1.29 is 18.1 Å². The predicted octanol–water partition coefficient (Wildman–Crippen LogP) is 5.46. The molecule has 0 spiro atoms. The lowest BCUT2D eigenvalue weighted by Crippen LogP contribution is -2.16. The number of carbonyl (C=O) groups excluding carboxylic acids is 1. The van der Waals surface area contributed by atoms with E-state index in [0.717, 1.165) is 4.88 Å². The van der Waals surface area contributed by atoms with Crippen LogP contribution in [-0.2, 0) is 15.6 Å². The number of Topliss-reactive ketones (excluding diaryl/α,β-unsaturated/α-hetero) is 1. The maximum atomic E-state index is 13.2. The molecule has 0 unspecified atom stereocenters. The Morgan fingerprint density at radius 2 is 1.70 bits per heavy atom. The molecule has 0 saturated heterocycles. The summed E-state index contributed by atoms with van der Waals surface area (Å²) in [4.78, 5) is 24.6. The zero-order valence-electron chi connectivity index (χ0n) is 15.7. The van der Waals surface area contributed by atoms with Gasteiger partial charge in [0.2, 0.25) is 5.78 Å². The molecule has 0 amide bonds. The maximum absolute atomic E-state index is 13.2. The van der Waals surface area contributed by atoms with Crippen LogP contribution >= 0.6 is 22.9 Å². The summed E-state index contributed by atoms with van der Waals surface area (Å²) in [6.45, 7) is 1.88. The minimum Gasteiger partial charge on any atom is -0.288 e. The minimum atomic E-state index is -4.01. The fourth-order valence-electron chi connectivity index (χ4n) is 2.71. The van der Waals surface area contributed by atoms with Gasteiger partial charge in [-0.15, -0.1) is 11.3 Å². The second-order valence-corrected chi connectivity index (χ2v) is 10.2. The Morgan fingerprint density at radius 1 is 1.07 bits per heavy atom. The number of benzene rings is 2. The second kappa shape index (κ2) is 8.91. The summed E-state index contributed by atoms with van der Waals surface area (Å²) < 4.78 is 26.3. The summed E-state index contributed by atoms with van der Waals surface area (Å²) in [5.74, 6) is -1.09. The maximum Gasteiger partial charge on any atom is 0.269 e. The zero-order valence-corrected chi connectivity index (χ0v) is 18.1. The van der Waals surface area contributed by atoms with Gasteiger partial charge in [0.05, 0.1) is 10.7 Å². The summed E-state index contributed by atoms with van der Waals surface area (Å²) in [5.41, 5.74) is 0.360. The van der Waals surface area contributed by atoms with Crippen molar-refractivity contribution in [2.75, 3.05) is 0 Å². The molecule has 0 saturated carbocycles. The Morgan fingerprint density at radius 3 is 2.23 bits per heavy atom. The van der Waals surface area contributed by atoms with Crippen LogP contribution in [0.25, 0.3) is 6.08 Å². The van der Waals surface area contributed by atoms with Gasteiger partial charge in [-0.1, -0.05) is 23.7 Å². The van der Waals surface area contributed by atoms with E-state index < -0.39 is 20.5 Å². The summed E-state index contributed by atoms with van der Waals surface area (Å²) in [6, 6.07) is 14.8. The molecule has 0 aliphatic carbocycles. The van der Waals surface area contributed by atoms with Crippen LogP contribution in [0.1, 0.15) is 25.7 Å². The largest absolute Gasteiger partial charge is 0.288 e. The van der Waals surface area contributed by atoms with Crippen LogP contribution in [0.15, 0.2) is 65.6 Å². The number of ketones is 1. The molecule has 3 rings (SSSR count). The number of sulfone groups is 1. The topological polar surface area (TPSA) is 94.3 Å². The van der Waals surface area contributed by atoms with Crippen LogP contribution in [0.3, 0.4) is 0 Å². The molecule has 0 aliphatic rings. The van der Waals surface area contributed by atoms with Gasteiger partial charge in [0.1, 0.15) is 4.91 Å². The molecule has 6 nitrogen and oxygen atoms in total. The van der Waals surface area contributed by atoms with Gasteiger partial charge >= 0.3 is 0 Å². The molecule has 0 radical (unpaired) electrons. The molecular weight excluding hydrogens is 446 g/mol. The van der Waals surface area contributed by atoms with Crippen molar-refractivity contribution in [1.29, 1.82) is 0 Å². The Labute approximate surface area is 182 Å². The van der Waals surface area contributed by atoms with E-state index in [0.29, 0.717) is 15.5 Å². The summed E-state index contributed by atoms with van der Waals surface area (Å²) >= 11 is 7.22. The molecule has 3 aromatic rings. The molecule has 1 heterocycles. The van der Waals surface area contributed by atoms with Gasteiger partial charge in [-0.05, 0) is 55.0 Å². The molecular formula is C21H16ClNO5S2. The third kappa shape index (κ3) is 5.21. The van der Waals surface area contributed by atoms with Crippen molar-refractivity contribution >= 4 is 50.3 Å². The first-order valence-corrected chi connectivity index (χ1v) is 11.5. The number of hydrogen-bond acceptors (Lipinski definition) is 6. The molecule has 9 heteroatoms. The van der Waals surface area contributed by atoms with E-state index in [1.807, 2.05) is 13.0 Å². The molecule has 1 aromatic heterocycles. The number of nitrogens with zero attached hydrogens (tertiary/aromatic N) is 1. The van der Waals surface area contributed by atoms with Gasteiger partial charge in [0, 0.05) is 32.5 Å². The molecule has 0 atom stereocenters. The van der Waals surface area contributed by atoms with E-state index >= 15 is 0 Å². The average Bonchev–Trinajstić information content (AvgIpc) is 3.12. The van der Waals surface area contributed by atoms with Gasteiger partial charge in [0.25, 0.3) is 5.69 Å². The monoisotopic (exact) mass is 461 g/mol. The number of aryl methyl sites for hydroxylation is 1. The van der Waals surface area contributed by atoms with Crippen LogP contribution in [-0.4, -0.2) is 19.1 Å². The molecule has 154 valence electrons. The Bertz CT molecular complexity index is 1230. The van der Waals surface area contributed by atoms with Crippen LogP contribution in [0.4, 0.5) is 5.69 Å². The molecule has 0 bridgehead atoms. The van der Waals surface area contributed by atoms with Crippen LogP contribution in [0.2, 0.25) is 5.02 Å². The summed E-state index contributed by atoms with van der Waals surface area (Å²) in [6.07, 6.45) is 1.35. The lowest BCUT2D eigenvalue weighted by molar-refractivity contribution is -0.384. The third-order valence-electron chi connectivity index (χ3n) is 4.20. The van der Waals surface area contributed by atoms with Crippen LogP contribution in [0.5, 0.6) is 0 Å². The van der Waals surface area contributed by atoms with E-state index in [2.05, 4.69) is 0 Å². The first-order valence-electron chi connectivity index (χ1n) is 8.70. The summed E-state index contributed by atoms with van der Waals surface area (Å²) in [5, 5.41) is 11.3. The fraction of sp³-hybridized carbons (Fsp3) is 0.0952. The SMILES string of the molecule is Cc1ccc(/C=C(/C(=O)c2ccc([N+](=O)[O-])cc2)S(=O)(=O)Cc2ccc(Cl)cc2)s1. The normalized spacial score (nSPS) is 12.0. The Kier molecular flexibility index (Phi) is 6.50. The highest BCUT2D eigenvalue weighted by Crippen LogP contribution is 2.26. The number of hydrogen-bond donors (Lipinski definition) is 0. The number of non-ortho nitro benzene ring substituents is 1. The van der Waals surface area contributed by atoms with Crippen molar-refractivity contribution in [3.63, 3.8) is 0 Å². The van der Waals surface area contributed by atoms with E-state index in [9.17, 15) is 23.3 Å². The lowest BCUT2D eigenvalue weighted by atomic mass is 10.1. The highest BCUT2D eigenvalue weighted by molar-refractivity contribution is 7.95. The van der Waals surface area contributed by atoms with E-state index in [1.165, 1.54) is 41.7 Å². The number of allylic oxidation sites excluding steroid dienone is 1. The molecule has 0 N–H and O–H groups in total. The van der Waals surface area contributed by atoms with Gasteiger partial charge in [-0.2, -0.15) is 0 Å². The zero-order chi connectivity index (χ0) is 21.9.